The van der Waals surface area contributed by atoms with Crippen LogP contribution in [0, 0.1) is 11.3 Å². The van der Waals surface area contributed by atoms with Crippen molar-refractivity contribution in [2.75, 3.05) is 13.7 Å². The monoisotopic (exact) mass is 495 g/mol. The van der Waals surface area contributed by atoms with Crippen LogP contribution in [0.15, 0.2) is 72.8 Å². The summed E-state index contributed by atoms with van der Waals surface area (Å²) < 4.78 is 10.5. The summed E-state index contributed by atoms with van der Waals surface area (Å²) in [5, 5.41) is 12.7. The van der Waals surface area contributed by atoms with E-state index in [0.29, 0.717) is 21.8 Å². The Bertz CT molecular complexity index is 1460. The number of nitriles is 1. The van der Waals surface area contributed by atoms with E-state index >= 15 is 0 Å². The average molecular weight is 496 g/mol. The molecule has 0 radical (unpaired) electrons. The fraction of sp³-hybridized carbons (Fsp3) is 0.143. The van der Waals surface area contributed by atoms with Gasteiger partial charge in [0.1, 0.15) is 16.5 Å². The van der Waals surface area contributed by atoms with Crippen molar-refractivity contribution >= 4 is 23.4 Å². The Morgan fingerprint density at radius 3 is 2.22 bits per heavy atom. The first-order valence-corrected chi connectivity index (χ1v) is 12.1. The molecule has 0 saturated carbocycles. The Morgan fingerprint density at radius 2 is 1.58 bits per heavy atom. The first-order valence-electron chi connectivity index (χ1n) is 11.3. The topological polar surface area (TPSA) is 101 Å². The maximum atomic E-state index is 12.6. The lowest BCUT2D eigenvalue weighted by molar-refractivity contribution is 0.0607. The predicted molar refractivity (Wildman–Crippen MR) is 136 cm³/mol. The van der Waals surface area contributed by atoms with Gasteiger partial charge in [-0.2, -0.15) is 5.26 Å². The summed E-state index contributed by atoms with van der Waals surface area (Å²) in [6, 6.07) is 25.3. The molecule has 7 nitrogen and oxygen atoms in total. The average Bonchev–Trinajstić information content (AvgIpc) is 3.50. The second-order valence-electron chi connectivity index (χ2n) is 8.11. The van der Waals surface area contributed by atoms with Crippen LogP contribution in [0.3, 0.4) is 0 Å². The summed E-state index contributed by atoms with van der Waals surface area (Å²) in [5.41, 5.74) is 5.86. The van der Waals surface area contributed by atoms with E-state index in [1.54, 1.807) is 24.3 Å². The SMILES string of the molecule is COC(=O)c1sc(CNC(=O)OCC2c3ccccc3-c3ccccc32)nc1-c1ccccc1C#N. The zero-order valence-electron chi connectivity index (χ0n) is 19.4. The number of carbonyl (C=O) groups is 2. The maximum absolute atomic E-state index is 12.6. The minimum absolute atomic E-state index is 0.0389. The Kier molecular flexibility index (Phi) is 6.48. The number of benzene rings is 3. The van der Waals surface area contributed by atoms with Gasteiger partial charge in [-0.25, -0.2) is 14.6 Å². The van der Waals surface area contributed by atoms with E-state index in [2.05, 4.69) is 40.6 Å². The molecule has 4 aromatic rings. The number of hydrogen-bond donors (Lipinski definition) is 1. The Labute approximate surface area is 212 Å². The van der Waals surface area contributed by atoms with Gasteiger partial charge in [0.25, 0.3) is 0 Å². The summed E-state index contributed by atoms with van der Waals surface area (Å²) >= 11 is 1.11. The van der Waals surface area contributed by atoms with E-state index in [1.165, 1.54) is 7.11 Å². The van der Waals surface area contributed by atoms with Gasteiger partial charge in [0.05, 0.1) is 31.0 Å². The van der Waals surface area contributed by atoms with E-state index in [9.17, 15) is 14.9 Å². The molecule has 0 unspecified atom stereocenters. The second-order valence-corrected chi connectivity index (χ2v) is 9.20. The number of amides is 1. The molecule has 178 valence electrons. The third-order valence-electron chi connectivity index (χ3n) is 6.07. The molecule has 0 aliphatic heterocycles. The van der Waals surface area contributed by atoms with Crippen molar-refractivity contribution in [3.8, 4) is 28.5 Å². The van der Waals surface area contributed by atoms with Gasteiger partial charge in [-0.15, -0.1) is 11.3 Å². The molecule has 1 aliphatic rings. The van der Waals surface area contributed by atoms with Crippen LogP contribution in [0.4, 0.5) is 4.79 Å². The van der Waals surface area contributed by atoms with Crippen molar-refractivity contribution in [3.63, 3.8) is 0 Å². The Morgan fingerprint density at radius 1 is 0.972 bits per heavy atom. The molecule has 1 N–H and O–H groups in total. The number of fused-ring (bicyclic) bond motifs is 3. The summed E-state index contributed by atoms with van der Waals surface area (Å²) in [6.07, 6.45) is -0.578. The van der Waals surface area contributed by atoms with Crippen molar-refractivity contribution in [1.29, 1.82) is 5.26 Å². The number of nitrogens with one attached hydrogen (secondary N) is 1. The number of methoxy groups -OCH3 is 1. The number of hydrogen-bond acceptors (Lipinski definition) is 7. The van der Waals surface area contributed by atoms with Gasteiger partial charge >= 0.3 is 12.1 Å². The highest BCUT2D eigenvalue weighted by molar-refractivity contribution is 7.14. The largest absolute Gasteiger partial charge is 0.465 e. The number of aromatic nitrogens is 1. The van der Waals surface area contributed by atoms with Gasteiger partial charge in [-0.1, -0.05) is 66.7 Å². The third kappa shape index (κ3) is 4.32. The zero-order valence-corrected chi connectivity index (χ0v) is 20.2. The van der Waals surface area contributed by atoms with Crippen LogP contribution in [-0.4, -0.2) is 30.8 Å². The number of ether oxygens (including phenoxy) is 2. The summed E-state index contributed by atoms with van der Waals surface area (Å²) in [7, 11) is 1.29. The fourth-order valence-electron chi connectivity index (χ4n) is 4.44. The molecule has 1 amide bonds. The molecule has 1 aliphatic carbocycles. The van der Waals surface area contributed by atoms with Crippen molar-refractivity contribution < 1.29 is 19.1 Å². The molecule has 5 rings (SSSR count). The third-order valence-corrected chi connectivity index (χ3v) is 7.11. The van der Waals surface area contributed by atoms with Crippen molar-refractivity contribution in [1.82, 2.24) is 10.3 Å². The number of nitrogens with zero attached hydrogens (tertiary/aromatic N) is 2. The van der Waals surface area contributed by atoms with Crippen molar-refractivity contribution in [2.45, 2.75) is 12.5 Å². The molecule has 36 heavy (non-hydrogen) atoms. The molecule has 1 heterocycles. The van der Waals surface area contributed by atoms with E-state index in [1.807, 2.05) is 24.3 Å². The normalized spacial score (nSPS) is 11.8. The Balaban J connectivity index is 1.29. The summed E-state index contributed by atoms with van der Waals surface area (Å²) in [5.74, 6) is -0.592. The number of alkyl carbamates (subject to hydrolysis) is 1. The first kappa shape index (κ1) is 23.3. The van der Waals surface area contributed by atoms with Crippen LogP contribution in [0.25, 0.3) is 22.4 Å². The van der Waals surface area contributed by atoms with Gasteiger partial charge < -0.3 is 14.8 Å². The van der Waals surface area contributed by atoms with E-state index < -0.39 is 12.1 Å². The lowest BCUT2D eigenvalue weighted by atomic mass is 9.98. The fourth-order valence-corrected chi connectivity index (χ4v) is 5.37. The van der Waals surface area contributed by atoms with Gasteiger partial charge in [0.15, 0.2) is 0 Å². The van der Waals surface area contributed by atoms with Gasteiger partial charge in [-0.3, -0.25) is 0 Å². The molecule has 3 aromatic carbocycles. The van der Waals surface area contributed by atoms with Crippen LogP contribution in [0.1, 0.15) is 37.3 Å². The summed E-state index contributed by atoms with van der Waals surface area (Å²) in [6.45, 7) is 0.270. The van der Waals surface area contributed by atoms with E-state index in [0.717, 1.165) is 33.6 Å². The van der Waals surface area contributed by atoms with E-state index in [4.69, 9.17) is 9.47 Å². The maximum Gasteiger partial charge on any atom is 0.407 e. The number of thiazole rings is 1. The number of rotatable bonds is 6. The van der Waals surface area contributed by atoms with E-state index in [-0.39, 0.29) is 23.9 Å². The minimum atomic E-state index is -0.578. The quantitative estimate of drug-likeness (QED) is 0.354. The standard InChI is InChI=1S/C28H21N3O4S/c1-34-27(32)26-25(18-9-3-2-8-17(18)14-29)31-24(36-26)15-30-28(33)35-16-23-21-12-6-4-10-19(21)20-11-5-7-13-22(20)23/h2-13,23H,15-16H2,1H3,(H,30,33). The molecule has 8 heteroatoms. The predicted octanol–water partition coefficient (Wildman–Crippen LogP) is 5.51. The number of carbonyl (C=O) groups excluding carboxylic acids is 2. The van der Waals surface area contributed by atoms with Crippen molar-refractivity contribution in [3.05, 3.63) is 99.4 Å². The van der Waals surface area contributed by atoms with Crippen LogP contribution in [0.2, 0.25) is 0 Å². The lowest BCUT2D eigenvalue weighted by Gasteiger charge is -2.14. The molecular formula is C28H21N3O4S. The molecule has 0 bridgehead atoms. The van der Waals surface area contributed by atoms with Crippen molar-refractivity contribution in [2.24, 2.45) is 0 Å². The molecule has 0 fully saturated rings. The lowest BCUT2D eigenvalue weighted by Crippen LogP contribution is -2.25. The van der Waals surface area contributed by atoms with Gasteiger partial charge in [0.2, 0.25) is 0 Å². The van der Waals surface area contributed by atoms with Crippen LogP contribution in [-0.2, 0) is 16.0 Å². The Hall–Kier alpha value is -4.48. The zero-order chi connectivity index (χ0) is 25.1. The molecule has 0 spiro atoms. The highest BCUT2D eigenvalue weighted by Gasteiger charge is 2.29. The molecule has 0 saturated heterocycles. The van der Waals surface area contributed by atoms with Crippen LogP contribution >= 0.6 is 11.3 Å². The first-order chi connectivity index (χ1) is 17.6. The highest BCUT2D eigenvalue weighted by Crippen LogP contribution is 2.44. The summed E-state index contributed by atoms with van der Waals surface area (Å²) in [4.78, 5) is 29.7. The molecular weight excluding hydrogens is 474 g/mol. The van der Waals surface area contributed by atoms with Gasteiger partial charge in [-0.05, 0) is 28.3 Å². The minimum Gasteiger partial charge on any atom is -0.465 e. The smallest absolute Gasteiger partial charge is 0.407 e. The number of esters is 1. The molecule has 1 aromatic heterocycles. The van der Waals surface area contributed by atoms with Gasteiger partial charge in [0, 0.05) is 11.5 Å². The molecule has 0 atom stereocenters. The van der Waals surface area contributed by atoms with Crippen LogP contribution in [0.5, 0.6) is 0 Å². The van der Waals surface area contributed by atoms with Crippen LogP contribution < -0.4 is 5.32 Å². The second kappa shape index (κ2) is 10.0. The highest BCUT2D eigenvalue weighted by atomic mass is 32.1.